The largest absolute Gasteiger partial charge is 0.329 e. The summed E-state index contributed by atoms with van der Waals surface area (Å²) in [7, 11) is 0. The van der Waals surface area contributed by atoms with E-state index in [4.69, 9.17) is 12.2 Å². The van der Waals surface area contributed by atoms with Crippen molar-refractivity contribution >= 4 is 23.3 Å². The quantitative estimate of drug-likeness (QED) is 0.808. The number of nitrogens with one attached hydrogen (secondary N) is 1. The molecule has 0 amide bonds. The van der Waals surface area contributed by atoms with E-state index in [0.717, 1.165) is 28.8 Å². The van der Waals surface area contributed by atoms with E-state index < -0.39 is 0 Å². The number of aromatic amines is 1. The molecule has 0 unspecified atom stereocenters. The molecular formula is C12H17N3S. The van der Waals surface area contributed by atoms with Crippen LogP contribution in [0.3, 0.4) is 0 Å². The Kier molecular flexibility index (Phi) is 2.84. The van der Waals surface area contributed by atoms with Crippen LogP contribution in [0.15, 0.2) is 18.5 Å². The minimum absolute atomic E-state index is 0.325. The van der Waals surface area contributed by atoms with Crippen LogP contribution in [0.1, 0.15) is 27.2 Å². The molecule has 4 heteroatoms. The van der Waals surface area contributed by atoms with Gasteiger partial charge in [0.2, 0.25) is 0 Å². The predicted octanol–water partition coefficient (Wildman–Crippen LogP) is 3.53. The topological polar surface area (TPSA) is 33.6 Å². The smallest absolute Gasteiger partial charge is 0.178 e. The maximum absolute atomic E-state index is 5.32. The zero-order valence-electron chi connectivity index (χ0n) is 9.95. The third-order valence-electron chi connectivity index (χ3n) is 2.66. The van der Waals surface area contributed by atoms with Crippen LogP contribution in [0.25, 0.3) is 11.0 Å². The first-order valence-corrected chi connectivity index (χ1v) is 5.91. The zero-order valence-corrected chi connectivity index (χ0v) is 10.8. The summed E-state index contributed by atoms with van der Waals surface area (Å²) in [6.07, 6.45) is 4.73. The number of fused-ring (bicyclic) bond motifs is 1. The van der Waals surface area contributed by atoms with Crippen molar-refractivity contribution < 1.29 is 0 Å². The molecule has 0 radical (unpaired) electrons. The Bertz CT molecular complexity index is 545. The lowest BCUT2D eigenvalue weighted by atomic mass is 9.92. The SMILES string of the molecule is CC(C)(C)CCn1c(=S)[nH]c2cnccc21. The van der Waals surface area contributed by atoms with Crippen LogP contribution in [0.2, 0.25) is 0 Å². The van der Waals surface area contributed by atoms with Crippen LogP contribution in [-0.4, -0.2) is 14.5 Å². The van der Waals surface area contributed by atoms with Gasteiger partial charge in [-0.2, -0.15) is 0 Å². The van der Waals surface area contributed by atoms with Gasteiger partial charge in [-0.05, 0) is 30.1 Å². The summed E-state index contributed by atoms with van der Waals surface area (Å²) < 4.78 is 2.93. The Hall–Kier alpha value is -1.16. The Morgan fingerprint density at radius 2 is 2.19 bits per heavy atom. The molecular weight excluding hydrogens is 218 g/mol. The van der Waals surface area contributed by atoms with Crippen molar-refractivity contribution in [1.29, 1.82) is 0 Å². The molecule has 0 aliphatic heterocycles. The maximum atomic E-state index is 5.32. The highest BCUT2D eigenvalue weighted by atomic mass is 32.1. The molecule has 2 rings (SSSR count). The minimum Gasteiger partial charge on any atom is -0.329 e. The molecule has 2 heterocycles. The van der Waals surface area contributed by atoms with E-state index in [9.17, 15) is 0 Å². The molecule has 0 aliphatic rings. The van der Waals surface area contributed by atoms with E-state index in [0.29, 0.717) is 5.41 Å². The first-order valence-electron chi connectivity index (χ1n) is 5.50. The van der Waals surface area contributed by atoms with E-state index in [-0.39, 0.29) is 0 Å². The molecule has 0 fully saturated rings. The second kappa shape index (κ2) is 4.01. The van der Waals surface area contributed by atoms with E-state index in [2.05, 4.69) is 35.3 Å². The minimum atomic E-state index is 0.325. The van der Waals surface area contributed by atoms with Gasteiger partial charge in [0.05, 0.1) is 17.2 Å². The summed E-state index contributed by atoms with van der Waals surface area (Å²) in [5, 5.41) is 0. The van der Waals surface area contributed by atoms with Crippen molar-refractivity contribution in [2.75, 3.05) is 0 Å². The molecule has 0 saturated heterocycles. The van der Waals surface area contributed by atoms with Crippen LogP contribution >= 0.6 is 12.2 Å². The molecule has 0 atom stereocenters. The third-order valence-corrected chi connectivity index (χ3v) is 2.98. The average molecular weight is 235 g/mol. The van der Waals surface area contributed by atoms with Crippen molar-refractivity contribution in [3.8, 4) is 0 Å². The lowest BCUT2D eigenvalue weighted by molar-refractivity contribution is 0.352. The maximum Gasteiger partial charge on any atom is 0.178 e. The van der Waals surface area contributed by atoms with Gasteiger partial charge in [0.25, 0.3) is 0 Å². The lowest BCUT2D eigenvalue weighted by Crippen LogP contribution is -2.10. The van der Waals surface area contributed by atoms with Crippen LogP contribution < -0.4 is 0 Å². The summed E-state index contributed by atoms with van der Waals surface area (Å²) in [5.41, 5.74) is 2.48. The number of aromatic nitrogens is 3. The predicted molar refractivity (Wildman–Crippen MR) is 69.0 cm³/mol. The molecule has 0 aliphatic carbocycles. The van der Waals surface area contributed by atoms with Gasteiger partial charge in [0.15, 0.2) is 4.77 Å². The second-order valence-corrected chi connectivity index (χ2v) is 5.67. The van der Waals surface area contributed by atoms with Crippen LogP contribution in [0.5, 0.6) is 0 Å². The van der Waals surface area contributed by atoms with Crippen molar-refractivity contribution in [2.24, 2.45) is 5.41 Å². The molecule has 2 aromatic heterocycles. The first kappa shape index (κ1) is 11.3. The molecule has 16 heavy (non-hydrogen) atoms. The Labute approximate surface area is 101 Å². The van der Waals surface area contributed by atoms with Gasteiger partial charge >= 0.3 is 0 Å². The van der Waals surface area contributed by atoms with Crippen molar-refractivity contribution in [2.45, 2.75) is 33.7 Å². The standard InChI is InChI=1S/C12H17N3S/c1-12(2,3)5-7-15-10-4-6-13-8-9(10)14-11(15)16/h4,6,8H,5,7H2,1-3H3,(H,14,16). The van der Waals surface area contributed by atoms with Gasteiger partial charge in [-0.1, -0.05) is 20.8 Å². The van der Waals surface area contributed by atoms with Gasteiger partial charge in [-0.25, -0.2) is 0 Å². The zero-order chi connectivity index (χ0) is 11.8. The summed E-state index contributed by atoms with van der Waals surface area (Å²) in [6, 6.07) is 2.00. The van der Waals surface area contributed by atoms with Crippen LogP contribution in [0.4, 0.5) is 0 Å². The van der Waals surface area contributed by atoms with Gasteiger partial charge in [-0.3, -0.25) is 4.98 Å². The van der Waals surface area contributed by atoms with E-state index >= 15 is 0 Å². The number of rotatable bonds is 2. The number of H-pyrrole nitrogens is 1. The fourth-order valence-electron chi connectivity index (χ4n) is 1.68. The number of hydrogen-bond donors (Lipinski definition) is 1. The van der Waals surface area contributed by atoms with Crippen LogP contribution in [0, 0.1) is 10.2 Å². The molecule has 3 nitrogen and oxygen atoms in total. The highest BCUT2D eigenvalue weighted by Crippen LogP contribution is 2.21. The van der Waals surface area contributed by atoms with Crippen molar-refractivity contribution in [1.82, 2.24) is 14.5 Å². The molecule has 0 spiro atoms. The van der Waals surface area contributed by atoms with E-state index in [1.54, 1.807) is 6.20 Å². The fourth-order valence-corrected chi connectivity index (χ4v) is 1.98. The summed E-state index contributed by atoms with van der Waals surface area (Å²) in [4.78, 5) is 7.26. The molecule has 86 valence electrons. The Balaban J connectivity index is 2.37. The molecule has 0 aromatic carbocycles. The monoisotopic (exact) mass is 235 g/mol. The van der Waals surface area contributed by atoms with Gasteiger partial charge < -0.3 is 9.55 Å². The van der Waals surface area contributed by atoms with E-state index in [1.165, 1.54) is 0 Å². The number of aryl methyl sites for hydroxylation is 1. The van der Waals surface area contributed by atoms with Crippen molar-refractivity contribution in [3.05, 3.63) is 23.2 Å². The molecule has 1 N–H and O–H groups in total. The molecule has 0 bridgehead atoms. The van der Waals surface area contributed by atoms with Crippen LogP contribution in [-0.2, 0) is 6.54 Å². The summed E-state index contributed by atoms with van der Waals surface area (Å²) in [6.45, 7) is 7.68. The molecule has 0 saturated carbocycles. The number of pyridine rings is 1. The summed E-state index contributed by atoms with van der Waals surface area (Å²) >= 11 is 5.32. The Morgan fingerprint density at radius 3 is 2.88 bits per heavy atom. The molecule has 2 aromatic rings. The lowest BCUT2D eigenvalue weighted by Gasteiger charge is -2.18. The Morgan fingerprint density at radius 1 is 1.44 bits per heavy atom. The number of nitrogens with zero attached hydrogens (tertiary/aromatic N) is 2. The average Bonchev–Trinajstić information content (AvgIpc) is 2.49. The highest BCUT2D eigenvalue weighted by molar-refractivity contribution is 7.71. The van der Waals surface area contributed by atoms with Crippen molar-refractivity contribution in [3.63, 3.8) is 0 Å². The second-order valence-electron chi connectivity index (χ2n) is 5.29. The number of hydrogen-bond acceptors (Lipinski definition) is 2. The van der Waals surface area contributed by atoms with Gasteiger partial charge in [0.1, 0.15) is 0 Å². The highest BCUT2D eigenvalue weighted by Gasteiger charge is 2.11. The van der Waals surface area contributed by atoms with Gasteiger partial charge in [0, 0.05) is 12.7 Å². The number of imidazole rings is 1. The first-order chi connectivity index (χ1) is 7.47. The van der Waals surface area contributed by atoms with Gasteiger partial charge in [-0.15, -0.1) is 0 Å². The fraction of sp³-hybridized carbons (Fsp3) is 0.500. The normalized spacial score (nSPS) is 12.2. The summed E-state index contributed by atoms with van der Waals surface area (Å²) in [5.74, 6) is 0. The third kappa shape index (κ3) is 2.32. The van der Waals surface area contributed by atoms with E-state index in [1.807, 2.05) is 12.3 Å².